The lowest BCUT2D eigenvalue weighted by molar-refractivity contribution is -0.294. The molecule has 0 unspecified atom stereocenters. The monoisotopic (exact) mass is 626 g/mol. The van der Waals surface area contributed by atoms with Gasteiger partial charge in [0, 0.05) is 41.5 Å². The number of esters is 6. The largest absolute Gasteiger partial charge is 0.456 e. The number of alkyl halides is 1. The lowest BCUT2D eigenvalue weighted by Crippen LogP contribution is -2.62. The Morgan fingerprint density at radius 3 is 1.56 bits per heavy atom. The summed E-state index contributed by atoms with van der Waals surface area (Å²) < 4.78 is 48.9. The average molecular weight is 627 g/mol. The molecule has 0 aromatic carbocycles. The summed E-state index contributed by atoms with van der Waals surface area (Å²) in [5.74, 6) is -4.43. The quantitative estimate of drug-likeness (QED) is 0.190. The highest BCUT2D eigenvalue weighted by Gasteiger charge is 2.52. The zero-order chi connectivity index (χ0) is 29.4. The number of hydrogen-bond donors (Lipinski definition) is 0. The van der Waals surface area contributed by atoms with Crippen LogP contribution in [0.15, 0.2) is 0 Å². The van der Waals surface area contributed by atoms with Crippen molar-refractivity contribution in [3.63, 3.8) is 0 Å². The van der Waals surface area contributed by atoms with E-state index in [9.17, 15) is 28.8 Å². The topological polar surface area (TPSA) is 185 Å². The van der Waals surface area contributed by atoms with Crippen LogP contribution in [0.5, 0.6) is 0 Å². The standard InChI is InChI=1S/C23H31BrO15/c1-9(25)33-15-7-31-23(21(38-14(6)30)18(15)35-11(3)27)32-8-16-17(34-10(2)26)19(36-12(4)28)20(22(24)39-16)37-13(5)29/h15-23H,7-8H2,1-6H3/t15-,16-,17+,18+,19+,20-,21-,22-,23+/m1/s1. The Kier molecular flexibility index (Phi) is 12.1. The highest BCUT2D eigenvalue weighted by atomic mass is 79.9. The van der Waals surface area contributed by atoms with Crippen LogP contribution in [0.4, 0.5) is 0 Å². The zero-order valence-electron chi connectivity index (χ0n) is 22.1. The first kappa shape index (κ1) is 32.4. The van der Waals surface area contributed by atoms with Crippen LogP contribution in [0, 0.1) is 0 Å². The van der Waals surface area contributed by atoms with E-state index in [1.165, 1.54) is 0 Å². The Labute approximate surface area is 232 Å². The van der Waals surface area contributed by atoms with E-state index >= 15 is 0 Å². The molecule has 16 heteroatoms. The molecule has 0 aromatic heterocycles. The first-order valence-corrected chi connectivity index (χ1v) is 12.7. The SMILES string of the molecule is CC(=O)O[C@@H]1[C@@H](OC(C)=O)[C@H](Br)O[C@H](CO[C@@H]2OC[C@@H](OC(C)=O)[C@H](OC(C)=O)[C@H]2OC(C)=O)[C@@H]1OC(C)=O. The molecule has 39 heavy (non-hydrogen) atoms. The predicted octanol–water partition coefficient (Wildman–Crippen LogP) is 0.0693. The third kappa shape index (κ3) is 9.70. The minimum absolute atomic E-state index is 0.287. The maximum Gasteiger partial charge on any atom is 0.303 e. The van der Waals surface area contributed by atoms with Crippen molar-refractivity contribution in [2.75, 3.05) is 13.2 Å². The van der Waals surface area contributed by atoms with Gasteiger partial charge >= 0.3 is 35.8 Å². The smallest absolute Gasteiger partial charge is 0.303 e. The molecule has 2 saturated heterocycles. The van der Waals surface area contributed by atoms with Crippen LogP contribution in [-0.4, -0.2) is 103 Å². The van der Waals surface area contributed by atoms with Crippen molar-refractivity contribution in [2.45, 2.75) is 95.6 Å². The van der Waals surface area contributed by atoms with E-state index in [2.05, 4.69) is 15.9 Å². The molecule has 9 atom stereocenters. The van der Waals surface area contributed by atoms with Crippen LogP contribution in [-0.2, 0) is 71.4 Å². The number of carbonyl (C=O) groups is 6. The highest BCUT2D eigenvalue weighted by Crippen LogP contribution is 2.33. The second kappa shape index (κ2) is 14.5. The second-order valence-electron chi connectivity index (χ2n) is 8.58. The van der Waals surface area contributed by atoms with Gasteiger partial charge in [-0.25, -0.2) is 0 Å². The van der Waals surface area contributed by atoms with Crippen molar-refractivity contribution >= 4 is 51.7 Å². The molecule has 0 aliphatic carbocycles. The fourth-order valence-electron chi connectivity index (χ4n) is 4.02. The molecule has 0 N–H and O–H groups in total. The minimum Gasteiger partial charge on any atom is -0.456 e. The highest BCUT2D eigenvalue weighted by molar-refractivity contribution is 9.09. The van der Waals surface area contributed by atoms with Gasteiger partial charge in [-0.3, -0.25) is 28.8 Å². The van der Waals surface area contributed by atoms with Crippen molar-refractivity contribution < 1.29 is 71.4 Å². The third-order valence-corrected chi connectivity index (χ3v) is 5.95. The van der Waals surface area contributed by atoms with Gasteiger partial charge in [0.15, 0.2) is 47.9 Å². The summed E-state index contributed by atoms with van der Waals surface area (Å²) in [6, 6.07) is 0. The first-order chi connectivity index (χ1) is 18.2. The molecule has 2 heterocycles. The molecular weight excluding hydrogens is 596 g/mol. The van der Waals surface area contributed by atoms with Crippen LogP contribution in [0.25, 0.3) is 0 Å². The molecule has 15 nitrogen and oxygen atoms in total. The first-order valence-electron chi connectivity index (χ1n) is 11.8. The fraction of sp³-hybridized carbons (Fsp3) is 0.739. The summed E-state index contributed by atoms with van der Waals surface area (Å²) in [7, 11) is 0. The van der Waals surface area contributed by atoms with E-state index in [1.54, 1.807) is 0 Å². The van der Waals surface area contributed by atoms with Gasteiger partial charge in [-0.05, 0) is 0 Å². The maximum atomic E-state index is 11.9. The van der Waals surface area contributed by atoms with Crippen molar-refractivity contribution in [3.05, 3.63) is 0 Å². The molecule has 220 valence electrons. The van der Waals surface area contributed by atoms with Crippen molar-refractivity contribution in [1.29, 1.82) is 0 Å². The molecule has 0 aromatic rings. The summed E-state index contributed by atoms with van der Waals surface area (Å²) >= 11 is 3.23. The van der Waals surface area contributed by atoms with Crippen LogP contribution in [0.2, 0.25) is 0 Å². The predicted molar refractivity (Wildman–Crippen MR) is 127 cm³/mol. The van der Waals surface area contributed by atoms with Gasteiger partial charge in [-0.1, -0.05) is 15.9 Å². The summed E-state index contributed by atoms with van der Waals surface area (Å²) in [6.45, 7) is 6.04. The summed E-state index contributed by atoms with van der Waals surface area (Å²) in [6.07, 6.45) is -10.0. The molecule has 2 rings (SSSR count). The molecule has 0 radical (unpaired) electrons. The Morgan fingerprint density at radius 2 is 1.05 bits per heavy atom. The number of halogens is 1. The van der Waals surface area contributed by atoms with Crippen molar-refractivity contribution in [1.82, 2.24) is 0 Å². The number of ether oxygens (including phenoxy) is 9. The Morgan fingerprint density at radius 1 is 0.615 bits per heavy atom. The maximum absolute atomic E-state index is 11.9. The number of rotatable bonds is 9. The summed E-state index contributed by atoms with van der Waals surface area (Å²) in [5.41, 5.74) is 0. The van der Waals surface area contributed by atoms with E-state index in [0.29, 0.717) is 0 Å². The Bertz CT molecular complexity index is 938. The number of carbonyl (C=O) groups excluding carboxylic acids is 6. The van der Waals surface area contributed by atoms with Gasteiger partial charge in [0.05, 0.1) is 13.2 Å². The lowest BCUT2D eigenvalue weighted by Gasteiger charge is -2.44. The van der Waals surface area contributed by atoms with Crippen molar-refractivity contribution in [3.8, 4) is 0 Å². The van der Waals surface area contributed by atoms with E-state index in [-0.39, 0.29) is 6.61 Å². The molecule has 0 bridgehead atoms. The normalized spacial score (nSPS) is 32.2. The van der Waals surface area contributed by atoms with Crippen LogP contribution in [0.3, 0.4) is 0 Å². The van der Waals surface area contributed by atoms with E-state index in [4.69, 9.17) is 42.6 Å². The Hall–Kier alpha value is -2.82. The van der Waals surface area contributed by atoms with Crippen molar-refractivity contribution in [2.24, 2.45) is 0 Å². The van der Waals surface area contributed by atoms with Gasteiger partial charge in [0.2, 0.25) is 0 Å². The minimum atomic E-state index is -1.38. The fourth-order valence-corrected chi connectivity index (χ4v) is 4.70. The number of hydrogen-bond acceptors (Lipinski definition) is 15. The molecule has 0 saturated carbocycles. The summed E-state index contributed by atoms with van der Waals surface area (Å²) in [5, 5.41) is -1.02. The molecule has 2 aliphatic rings. The summed E-state index contributed by atoms with van der Waals surface area (Å²) in [4.78, 5) is 70.6. The van der Waals surface area contributed by atoms with E-state index in [0.717, 1.165) is 41.5 Å². The molecule has 0 spiro atoms. The molecular formula is C23H31BrO15. The zero-order valence-corrected chi connectivity index (χ0v) is 23.7. The average Bonchev–Trinajstić information content (AvgIpc) is 2.78. The molecule has 2 aliphatic heterocycles. The van der Waals surface area contributed by atoms with Gasteiger partial charge in [-0.15, -0.1) is 0 Å². The Balaban J connectivity index is 2.32. The van der Waals surface area contributed by atoms with Crippen LogP contribution < -0.4 is 0 Å². The van der Waals surface area contributed by atoms with Gasteiger partial charge < -0.3 is 42.6 Å². The third-order valence-electron chi connectivity index (χ3n) is 5.21. The van der Waals surface area contributed by atoms with Crippen LogP contribution in [0.1, 0.15) is 41.5 Å². The van der Waals surface area contributed by atoms with E-state index in [1.807, 2.05) is 0 Å². The molecule has 2 fully saturated rings. The second-order valence-corrected chi connectivity index (χ2v) is 9.48. The van der Waals surface area contributed by atoms with E-state index < -0.39 is 96.5 Å². The van der Waals surface area contributed by atoms with Gasteiger partial charge in [-0.2, -0.15) is 0 Å². The lowest BCUT2D eigenvalue weighted by atomic mass is 9.99. The van der Waals surface area contributed by atoms with Crippen LogP contribution >= 0.6 is 15.9 Å². The molecule has 0 amide bonds. The van der Waals surface area contributed by atoms with Gasteiger partial charge in [0.25, 0.3) is 0 Å². The van der Waals surface area contributed by atoms with Gasteiger partial charge in [0.1, 0.15) is 6.10 Å².